The Kier molecular flexibility index (Phi) is 7.06. The number of nitrogens with one attached hydrogen (secondary N) is 1. The molecule has 2 heterocycles. The van der Waals surface area contributed by atoms with Gasteiger partial charge in [-0.2, -0.15) is 0 Å². The first-order chi connectivity index (χ1) is 13.0. The molecule has 2 aliphatic rings. The van der Waals surface area contributed by atoms with E-state index in [1.807, 2.05) is 38.1 Å². The van der Waals surface area contributed by atoms with Crippen molar-refractivity contribution >= 4 is 35.2 Å². The second-order valence-electron chi connectivity index (χ2n) is 7.46. The van der Waals surface area contributed by atoms with Crippen LogP contribution in [0.15, 0.2) is 24.3 Å². The number of thioether (sulfide) groups is 1. The highest BCUT2D eigenvalue weighted by molar-refractivity contribution is 7.99. The molecule has 0 bridgehead atoms. The zero-order chi connectivity index (χ0) is 19.4. The van der Waals surface area contributed by atoms with Gasteiger partial charge >= 0.3 is 0 Å². The highest BCUT2D eigenvalue weighted by atomic mass is 35.5. The van der Waals surface area contributed by atoms with Crippen LogP contribution in [0.4, 0.5) is 0 Å². The number of amides is 2. The monoisotopic (exact) mass is 409 g/mol. The third-order valence-electron chi connectivity index (χ3n) is 5.15. The number of halogens is 1. The van der Waals surface area contributed by atoms with Crippen LogP contribution in [0.2, 0.25) is 5.02 Å². The van der Waals surface area contributed by atoms with Gasteiger partial charge in [-0.25, -0.2) is 0 Å². The topological polar surface area (TPSA) is 52.7 Å². The van der Waals surface area contributed by atoms with Gasteiger partial charge < -0.3 is 15.1 Å². The van der Waals surface area contributed by atoms with Crippen molar-refractivity contribution in [2.45, 2.75) is 38.1 Å². The first kappa shape index (κ1) is 20.5. The molecule has 1 N–H and O–H groups in total. The van der Waals surface area contributed by atoms with Gasteiger partial charge in [0.25, 0.3) is 0 Å². The fraction of sp³-hybridized carbons (Fsp3) is 0.600. The normalized spacial score (nSPS) is 23.2. The summed E-state index contributed by atoms with van der Waals surface area (Å²) in [6.07, 6.45) is 2.48. The van der Waals surface area contributed by atoms with E-state index < -0.39 is 6.04 Å². The molecule has 2 fully saturated rings. The van der Waals surface area contributed by atoms with Crippen LogP contribution < -0.4 is 5.32 Å². The van der Waals surface area contributed by atoms with Crippen LogP contribution in [0.25, 0.3) is 0 Å². The Morgan fingerprint density at radius 1 is 1.26 bits per heavy atom. The first-order valence-electron chi connectivity index (χ1n) is 9.67. The van der Waals surface area contributed by atoms with Crippen LogP contribution in [0.5, 0.6) is 0 Å². The van der Waals surface area contributed by atoms with Crippen LogP contribution in [0.3, 0.4) is 0 Å². The Morgan fingerprint density at radius 3 is 2.63 bits per heavy atom. The van der Waals surface area contributed by atoms with Gasteiger partial charge in [0.05, 0.1) is 0 Å². The third-order valence-corrected chi connectivity index (χ3v) is 6.80. The van der Waals surface area contributed by atoms with E-state index in [-0.39, 0.29) is 23.1 Å². The lowest BCUT2D eigenvalue weighted by atomic mass is 10.1. The molecule has 2 saturated heterocycles. The Labute approximate surface area is 170 Å². The summed E-state index contributed by atoms with van der Waals surface area (Å²) >= 11 is 7.99. The first-order valence-corrected chi connectivity index (χ1v) is 11.1. The molecule has 27 heavy (non-hydrogen) atoms. The molecular weight excluding hydrogens is 382 g/mol. The SMILES string of the molecule is CC(C)C(=O)N1[C@@H](C(=O)NCCN2CCCC2)CS[C@H]1c1ccccc1Cl. The summed E-state index contributed by atoms with van der Waals surface area (Å²) in [7, 11) is 0. The summed E-state index contributed by atoms with van der Waals surface area (Å²) in [5.41, 5.74) is 0.894. The predicted octanol–water partition coefficient (Wildman–Crippen LogP) is 3.15. The molecule has 2 atom stereocenters. The van der Waals surface area contributed by atoms with E-state index in [4.69, 9.17) is 11.6 Å². The molecule has 7 heteroatoms. The smallest absolute Gasteiger partial charge is 0.243 e. The Balaban J connectivity index is 1.70. The third kappa shape index (κ3) is 4.79. The minimum atomic E-state index is -0.454. The fourth-order valence-electron chi connectivity index (χ4n) is 3.65. The molecule has 0 spiro atoms. The van der Waals surface area contributed by atoms with Gasteiger partial charge in [0.1, 0.15) is 11.4 Å². The highest BCUT2D eigenvalue weighted by Crippen LogP contribution is 2.44. The van der Waals surface area contributed by atoms with Crippen molar-refractivity contribution in [3.63, 3.8) is 0 Å². The van der Waals surface area contributed by atoms with Gasteiger partial charge in [-0.3, -0.25) is 9.59 Å². The fourth-order valence-corrected chi connectivity index (χ4v) is 5.43. The van der Waals surface area contributed by atoms with E-state index >= 15 is 0 Å². The lowest BCUT2D eigenvalue weighted by molar-refractivity contribution is -0.142. The molecule has 0 aliphatic carbocycles. The van der Waals surface area contributed by atoms with E-state index in [2.05, 4.69) is 10.2 Å². The van der Waals surface area contributed by atoms with Gasteiger partial charge in [-0.05, 0) is 32.0 Å². The quantitative estimate of drug-likeness (QED) is 0.784. The second-order valence-corrected chi connectivity index (χ2v) is 8.98. The predicted molar refractivity (Wildman–Crippen MR) is 111 cm³/mol. The van der Waals surface area contributed by atoms with Crippen molar-refractivity contribution in [1.29, 1.82) is 0 Å². The molecular formula is C20H28ClN3O2S. The molecule has 2 aliphatic heterocycles. The number of carbonyl (C=O) groups excluding carboxylic acids is 2. The Morgan fingerprint density at radius 2 is 1.96 bits per heavy atom. The molecule has 2 amide bonds. The maximum Gasteiger partial charge on any atom is 0.243 e. The van der Waals surface area contributed by atoms with Gasteiger partial charge in [-0.15, -0.1) is 11.8 Å². The van der Waals surface area contributed by atoms with Crippen LogP contribution in [-0.2, 0) is 9.59 Å². The highest BCUT2D eigenvalue weighted by Gasteiger charge is 2.43. The van der Waals surface area contributed by atoms with Crippen molar-refractivity contribution in [3.8, 4) is 0 Å². The summed E-state index contributed by atoms with van der Waals surface area (Å²) in [5, 5.41) is 3.45. The van der Waals surface area contributed by atoms with Crippen molar-refractivity contribution in [2.75, 3.05) is 31.9 Å². The zero-order valence-electron chi connectivity index (χ0n) is 16.0. The standard InChI is InChI=1S/C20H28ClN3O2S/c1-14(2)19(26)24-17(18(25)22-9-12-23-10-5-6-11-23)13-27-20(24)15-7-3-4-8-16(15)21/h3-4,7-8,14,17,20H,5-6,9-13H2,1-2H3,(H,22,25)/t17-,20+/m1/s1. The summed E-state index contributed by atoms with van der Waals surface area (Å²) in [6, 6.07) is 7.11. The number of hydrogen-bond donors (Lipinski definition) is 1. The lowest BCUT2D eigenvalue weighted by Crippen LogP contribution is -2.50. The molecule has 3 rings (SSSR count). The zero-order valence-corrected chi connectivity index (χ0v) is 17.6. The molecule has 0 radical (unpaired) electrons. The molecule has 0 saturated carbocycles. The van der Waals surface area contributed by atoms with Gasteiger partial charge in [0, 0.05) is 35.3 Å². The average molecular weight is 410 g/mol. The average Bonchev–Trinajstić information content (AvgIpc) is 3.31. The number of carbonyl (C=O) groups is 2. The summed E-state index contributed by atoms with van der Waals surface area (Å²) in [4.78, 5) is 29.9. The molecule has 1 aromatic rings. The summed E-state index contributed by atoms with van der Waals surface area (Å²) in [5.74, 6) is 0.340. The molecule has 5 nitrogen and oxygen atoms in total. The van der Waals surface area contributed by atoms with E-state index in [1.54, 1.807) is 16.7 Å². The largest absolute Gasteiger partial charge is 0.353 e. The van der Waals surface area contributed by atoms with Gasteiger partial charge in [0.2, 0.25) is 11.8 Å². The molecule has 1 aromatic carbocycles. The summed E-state index contributed by atoms with van der Waals surface area (Å²) < 4.78 is 0. The number of hydrogen-bond acceptors (Lipinski definition) is 4. The van der Waals surface area contributed by atoms with Gasteiger partial charge in [0.15, 0.2) is 0 Å². The van der Waals surface area contributed by atoms with Crippen molar-refractivity contribution in [3.05, 3.63) is 34.9 Å². The minimum absolute atomic E-state index is 0.00962. The van der Waals surface area contributed by atoms with Crippen molar-refractivity contribution in [2.24, 2.45) is 5.92 Å². The van der Waals surface area contributed by atoms with Crippen LogP contribution in [-0.4, -0.2) is 59.6 Å². The minimum Gasteiger partial charge on any atom is -0.353 e. The molecule has 148 valence electrons. The maximum atomic E-state index is 12.9. The van der Waals surface area contributed by atoms with E-state index in [0.717, 1.165) is 25.2 Å². The number of nitrogens with zero attached hydrogens (tertiary/aromatic N) is 2. The van der Waals surface area contributed by atoms with E-state index in [1.165, 1.54) is 12.8 Å². The second kappa shape index (κ2) is 9.30. The maximum absolute atomic E-state index is 12.9. The van der Waals surface area contributed by atoms with E-state index in [0.29, 0.717) is 17.3 Å². The molecule has 0 unspecified atom stereocenters. The Bertz CT molecular complexity index is 679. The molecule has 0 aromatic heterocycles. The number of likely N-dealkylation sites (tertiary alicyclic amines) is 1. The van der Waals surface area contributed by atoms with Gasteiger partial charge in [-0.1, -0.05) is 43.6 Å². The number of benzene rings is 1. The van der Waals surface area contributed by atoms with Crippen LogP contribution in [0.1, 0.15) is 37.6 Å². The van der Waals surface area contributed by atoms with E-state index in [9.17, 15) is 9.59 Å². The van der Waals surface area contributed by atoms with Crippen molar-refractivity contribution in [1.82, 2.24) is 15.1 Å². The number of rotatable bonds is 6. The van der Waals surface area contributed by atoms with Crippen molar-refractivity contribution < 1.29 is 9.59 Å². The van der Waals surface area contributed by atoms with Crippen LogP contribution >= 0.6 is 23.4 Å². The Hall–Kier alpha value is -1.24. The lowest BCUT2D eigenvalue weighted by Gasteiger charge is -2.31. The summed E-state index contributed by atoms with van der Waals surface area (Å²) in [6.45, 7) is 7.47. The van der Waals surface area contributed by atoms with Crippen LogP contribution in [0, 0.1) is 5.92 Å².